The summed E-state index contributed by atoms with van der Waals surface area (Å²) in [4.78, 5) is 9.42. The molecule has 33 heavy (non-hydrogen) atoms. The molecule has 0 aliphatic carbocycles. The summed E-state index contributed by atoms with van der Waals surface area (Å²) in [6, 6.07) is 5.13. The van der Waals surface area contributed by atoms with Crippen LogP contribution in [0.25, 0.3) is 11.3 Å². The van der Waals surface area contributed by atoms with Gasteiger partial charge in [-0.25, -0.2) is 13.2 Å². The monoisotopic (exact) mass is 491 g/mol. The van der Waals surface area contributed by atoms with Crippen LogP contribution in [0.3, 0.4) is 0 Å². The first kappa shape index (κ1) is 24.4. The third-order valence-electron chi connectivity index (χ3n) is 4.52. The molecule has 0 fully saturated rings. The average molecular weight is 491 g/mol. The molecule has 0 radical (unpaired) electrons. The molecule has 176 valence electrons. The zero-order valence-corrected chi connectivity index (χ0v) is 17.6. The van der Waals surface area contributed by atoms with Gasteiger partial charge in [-0.1, -0.05) is 0 Å². The summed E-state index contributed by atoms with van der Waals surface area (Å²) < 4.78 is 97.2. The Morgan fingerprint density at radius 2 is 1.76 bits per heavy atom. The second-order valence-corrected chi connectivity index (χ2v) is 7.53. The quantitative estimate of drug-likeness (QED) is 0.401. The van der Waals surface area contributed by atoms with Crippen LogP contribution in [0.4, 0.5) is 26.3 Å². The standard InChI is InChI=1S/C21H15F6NO4S/c1-31-11-3-4-12(14(22)8-11)18-13(20(33-28-18)21(25,26)27)9-32-19-15(23)6-10(7-16(19)24)2-5-17(29)30/h3-4,6-8H,2,5,9H2,1H3,(H,29,30). The number of benzene rings is 2. The van der Waals surface area contributed by atoms with Crippen molar-refractivity contribution in [1.29, 1.82) is 0 Å². The third kappa shape index (κ3) is 5.56. The molecule has 0 spiro atoms. The number of carboxylic acids is 1. The van der Waals surface area contributed by atoms with Crippen LogP contribution in [0.2, 0.25) is 0 Å². The van der Waals surface area contributed by atoms with Crippen molar-refractivity contribution in [3.8, 4) is 22.8 Å². The predicted octanol–water partition coefficient (Wildman–Crippen LogP) is 5.85. The van der Waals surface area contributed by atoms with E-state index in [1.54, 1.807) is 0 Å². The number of aromatic nitrogens is 1. The SMILES string of the molecule is COc1ccc(-c2nsc(C(F)(F)F)c2COc2c(F)cc(CCC(=O)O)cc2F)c(F)c1. The number of halogens is 6. The molecule has 2 aromatic carbocycles. The molecule has 0 atom stereocenters. The van der Waals surface area contributed by atoms with Gasteiger partial charge in [-0.2, -0.15) is 17.5 Å². The van der Waals surface area contributed by atoms with Crippen LogP contribution in [-0.4, -0.2) is 22.6 Å². The van der Waals surface area contributed by atoms with Gasteiger partial charge in [0, 0.05) is 23.6 Å². The van der Waals surface area contributed by atoms with Crippen molar-refractivity contribution in [1.82, 2.24) is 4.37 Å². The second-order valence-electron chi connectivity index (χ2n) is 6.75. The third-order valence-corrected chi connectivity index (χ3v) is 5.46. The number of carboxylic acid groups (broad SMARTS) is 1. The molecule has 0 saturated heterocycles. The van der Waals surface area contributed by atoms with Crippen molar-refractivity contribution in [2.24, 2.45) is 0 Å². The van der Waals surface area contributed by atoms with E-state index >= 15 is 0 Å². The summed E-state index contributed by atoms with van der Waals surface area (Å²) >= 11 is 0.0559. The fourth-order valence-electron chi connectivity index (χ4n) is 2.98. The van der Waals surface area contributed by atoms with Crippen molar-refractivity contribution in [3.05, 3.63) is 63.8 Å². The maximum absolute atomic E-state index is 14.5. The Kier molecular flexibility index (Phi) is 7.15. The highest BCUT2D eigenvalue weighted by Gasteiger charge is 2.38. The molecule has 1 N–H and O–H groups in total. The van der Waals surface area contributed by atoms with Gasteiger partial charge in [-0.05, 0) is 47.8 Å². The molecule has 0 aliphatic heterocycles. The normalized spacial score (nSPS) is 11.5. The lowest BCUT2D eigenvalue weighted by molar-refractivity contribution is -0.137. The van der Waals surface area contributed by atoms with E-state index in [1.807, 2.05) is 0 Å². The molecule has 3 aromatic rings. The van der Waals surface area contributed by atoms with Crippen LogP contribution >= 0.6 is 11.5 Å². The highest BCUT2D eigenvalue weighted by molar-refractivity contribution is 7.06. The predicted molar refractivity (Wildman–Crippen MR) is 106 cm³/mol. The molecule has 12 heteroatoms. The highest BCUT2D eigenvalue weighted by atomic mass is 32.1. The van der Waals surface area contributed by atoms with Crippen molar-refractivity contribution >= 4 is 17.5 Å². The zero-order valence-electron chi connectivity index (χ0n) is 16.8. The Hall–Kier alpha value is -3.28. The number of hydrogen-bond donors (Lipinski definition) is 1. The Bertz CT molecular complexity index is 1160. The Morgan fingerprint density at radius 3 is 2.30 bits per heavy atom. The minimum Gasteiger partial charge on any atom is -0.497 e. The minimum atomic E-state index is -4.87. The van der Waals surface area contributed by atoms with Gasteiger partial charge in [0.05, 0.1) is 12.8 Å². The molecular weight excluding hydrogens is 476 g/mol. The van der Waals surface area contributed by atoms with Gasteiger partial charge in [-0.15, -0.1) is 0 Å². The number of carbonyl (C=O) groups is 1. The molecule has 0 bridgehead atoms. The number of alkyl halides is 3. The zero-order chi connectivity index (χ0) is 24.3. The largest absolute Gasteiger partial charge is 0.497 e. The molecule has 0 saturated carbocycles. The van der Waals surface area contributed by atoms with Gasteiger partial charge in [0.1, 0.15) is 23.1 Å². The summed E-state index contributed by atoms with van der Waals surface area (Å²) in [5.74, 6) is -5.33. The summed E-state index contributed by atoms with van der Waals surface area (Å²) in [6.45, 7) is -0.950. The van der Waals surface area contributed by atoms with Gasteiger partial charge in [0.25, 0.3) is 0 Å². The van der Waals surface area contributed by atoms with Crippen molar-refractivity contribution < 1.29 is 45.7 Å². The second kappa shape index (κ2) is 9.69. The summed E-state index contributed by atoms with van der Waals surface area (Å²) in [7, 11) is 1.29. The van der Waals surface area contributed by atoms with Crippen LogP contribution < -0.4 is 9.47 Å². The van der Waals surface area contributed by atoms with E-state index in [-0.39, 0.29) is 46.9 Å². The lowest BCUT2D eigenvalue weighted by Gasteiger charge is -2.13. The molecule has 5 nitrogen and oxygen atoms in total. The number of hydrogen-bond acceptors (Lipinski definition) is 5. The molecule has 0 unspecified atom stereocenters. The van der Waals surface area contributed by atoms with Crippen molar-refractivity contribution in [2.75, 3.05) is 7.11 Å². The van der Waals surface area contributed by atoms with E-state index in [4.69, 9.17) is 14.6 Å². The topological polar surface area (TPSA) is 68.7 Å². The first-order valence-corrected chi connectivity index (χ1v) is 10.0. The van der Waals surface area contributed by atoms with E-state index in [9.17, 15) is 31.1 Å². The van der Waals surface area contributed by atoms with E-state index in [0.717, 1.165) is 18.2 Å². The Morgan fingerprint density at radius 1 is 1.09 bits per heavy atom. The molecule has 0 amide bonds. The summed E-state index contributed by atoms with van der Waals surface area (Å²) in [5, 5.41) is 8.68. The molecule has 3 rings (SSSR count). The lowest BCUT2D eigenvalue weighted by Crippen LogP contribution is -2.10. The van der Waals surface area contributed by atoms with E-state index in [2.05, 4.69) is 4.37 Å². The van der Waals surface area contributed by atoms with Crippen LogP contribution in [0, 0.1) is 17.5 Å². The van der Waals surface area contributed by atoms with Gasteiger partial charge < -0.3 is 14.6 Å². The number of ether oxygens (including phenoxy) is 2. The molecular formula is C21H15F6NO4S. The van der Waals surface area contributed by atoms with Gasteiger partial charge in [0.2, 0.25) is 0 Å². The summed E-state index contributed by atoms with van der Waals surface area (Å²) in [6.07, 6.45) is -5.39. The van der Waals surface area contributed by atoms with Gasteiger partial charge in [-0.3, -0.25) is 4.79 Å². The number of rotatable bonds is 8. The number of aliphatic carboxylic acids is 1. The highest BCUT2D eigenvalue weighted by Crippen LogP contribution is 2.41. The maximum Gasteiger partial charge on any atom is 0.427 e. The lowest BCUT2D eigenvalue weighted by atomic mass is 10.1. The van der Waals surface area contributed by atoms with Crippen LogP contribution in [0.15, 0.2) is 30.3 Å². The van der Waals surface area contributed by atoms with Crippen LogP contribution in [0.1, 0.15) is 22.4 Å². The fourth-order valence-corrected chi connectivity index (χ4v) is 3.74. The number of nitrogens with zero attached hydrogens (tertiary/aromatic N) is 1. The van der Waals surface area contributed by atoms with Crippen LogP contribution in [0.5, 0.6) is 11.5 Å². The number of aryl methyl sites for hydroxylation is 1. The number of methoxy groups -OCH3 is 1. The van der Waals surface area contributed by atoms with E-state index in [0.29, 0.717) is 0 Å². The van der Waals surface area contributed by atoms with Crippen molar-refractivity contribution in [2.45, 2.75) is 25.6 Å². The fraction of sp³-hybridized carbons (Fsp3) is 0.238. The van der Waals surface area contributed by atoms with E-state index < -0.39 is 52.4 Å². The minimum absolute atomic E-state index is 0.0360. The molecule has 1 aromatic heterocycles. The van der Waals surface area contributed by atoms with Gasteiger partial charge in [0.15, 0.2) is 17.4 Å². The van der Waals surface area contributed by atoms with E-state index in [1.165, 1.54) is 19.2 Å². The van der Waals surface area contributed by atoms with Crippen molar-refractivity contribution in [3.63, 3.8) is 0 Å². The Labute approximate surface area is 187 Å². The summed E-state index contributed by atoms with van der Waals surface area (Å²) in [5.41, 5.74) is -1.21. The first-order valence-electron chi connectivity index (χ1n) is 9.23. The molecule has 0 aliphatic rings. The smallest absolute Gasteiger partial charge is 0.427 e. The van der Waals surface area contributed by atoms with Gasteiger partial charge >= 0.3 is 12.1 Å². The first-order chi connectivity index (χ1) is 15.5. The Balaban J connectivity index is 1.95. The molecule has 1 heterocycles. The van der Waals surface area contributed by atoms with Crippen LogP contribution in [-0.2, 0) is 24.0 Å². The average Bonchev–Trinajstić information content (AvgIpc) is 3.15. The maximum atomic E-state index is 14.5.